The van der Waals surface area contributed by atoms with Gasteiger partial charge in [0.15, 0.2) is 0 Å². The number of aromatic nitrogens is 1. The first-order valence-corrected chi connectivity index (χ1v) is 4.50. The molecule has 0 aliphatic rings. The molecular formula is C11H16FN. The van der Waals surface area contributed by atoms with Crippen molar-refractivity contribution in [2.45, 2.75) is 34.1 Å². The molecule has 13 heavy (non-hydrogen) atoms. The summed E-state index contributed by atoms with van der Waals surface area (Å²) >= 11 is 0. The molecule has 1 rings (SSSR count). The van der Waals surface area contributed by atoms with E-state index >= 15 is 0 Å². The molecule has 0 fully saturated rings. The number of nitrogens with zero attached hydrogens (tertiary/aromatic N) is 1. The Labute approximate surface area is 79.0 Å². The molecule has 1 heterocycles. The molecule has 0 unspecified atom stereocenters. The SMILES string of the molecule is Cc1nc(F)ccc1CC(C)(C)C. The van der Waals surface area contributed by atoms with Crippen molar-refractivity contribution in [3.63, 3.8) is 0 Å². The highest BCUT2D eigenvalue weighted by Gasteiger charge is 2.13. The molecule has 0 N–H and O–H groups in total. The third-order valence-corrected chi connectivity index (χ3v) is 1.88. The lowest BCUT2D eigenvalue weighted by atomic mass is 9.88. The number of pyridine rings is 1. The summed E-state index contributed by atoms with van der Waals surface area (Å²) in [6.07, 6.45) is 0.937. The van der Waals surface area contributed by atoms with Crippen LogP contribution in [0.1, 0.15) is 32.0 Å². The maximum atomic E-state index is 12.7. The second kappa shape index (κ2) is 3.44. The summed E-state index contributed by atoms with van der Waals surface area (Å²) in [5, 5.41) is 0. The zero-order valence-electron chi connectivity index (χ0n) is 8.69. The highest BCUT2D eigenvalue weighted by molar-refractivity contribution is 5.20. The van der Waals surface area contributed by atoms with Crippen LogP contribution in [0.3, 0.4) is 0 Å². The molecule has 0 amide bonds. The lowest BCUT2D eigenvalue weighted by Crippen LogP contribution is -2.11. The van der Waals surface area contributed by atoms with Crippen LogP contribution in [0.5, 0.6) is 0 Å². The Kier molecular flexibility index (Phi) is 2.69. The van der Waals surface area contributed by atoms with Crippen LogP contribution in [0.25, 0.3) is 0 Å². The number of halogens is 1. The van der Waals surface area contributed by atoms with Crippen LogP contribution in [0.15, 0.2) is 12.1 Å². The van der Waals surface area contributed by atoms with Crippen molar-refractivity contribution in [3.05, 3.63) is 29.3 Å². The van der Waals surface area contributed by atoms with Gasteiger partial charge in [0, 0.05) is 5.69 Å². The molecule has 1 aromatic heterocycles. The summed E-state index contributed by atoms with van der Waals surface area (Å²) in [6, 6.07) is 3.25. The minimum absolute atomic E-state index is 0.226. The van der Waals surface area contributed by atoms with E-state index in [9.17, 15) is 4.39 Å². The van der Waals surface area contributed by atoms with Crippen LogP contribution in [0.4, 0.5) is 4.39 Å². The molecule has 1 aromatic rings. The summed E-state index contributed by atoms with van der Waals surface area (Å²) < 4.78 is 12.7. The summed E-state index contributed by atoms with van der Waals surface area (Å²) in [4.78, 5) is 3.79. The Hall–Kier alpha value is -0.920. The van der Waals surface area contributed by atoms with Gasteiger partial charge in [0.05, 0.1) is 0 Å². The maximum Gasteiger partial charge on any atom is 0.213 e. The quantitative estimate of drug-likeness (QED) is 0.606. The lowest BCUT2D eigenvalue weighted by Gasteiger charge is -2.18. The number of hydrogen-bond donors (Lipinski definition) is 0. The van der Waals surface area contributed by atoms with Crippen molar-refractivity contribution < 1.29 is 4.39 Å². The first kappa shape index (κ1) is 10.2. The van der Waals surface area contributed by atoms with E-state index in [0.717, 1.165) is 17.7 Å². The third kappa shape index (κ3) is 3.13. The van der Waals surface area contributed by atoms with Gasteiger partial charge in [0.1, 0.15) is 0 Å². The van der Waals surface area contributed by atoms with E-state index in [1.165, 1.54) is 6.07 Å². The fourth-order valence-corrected chi connectivity index (χ4v) is 1.32. The molecule has 0 saturated heterocycles. The van der Waals surface area contributed by atoms with Crippen molar-refractivity contribution >= 4 is 0 Å². The van der Waals surface area contributed by atoms with E-state index in [0.29, 0.717) is 0 Å². The van der Waals surface area contributed by atoms with Crippen LogP contribution in [-0.4, -0.2) is 4.98 Å². The molecule has 0 spiro atoms. The normalized spacial score (nSPS) is 11.8. The van der Waals surface area contributed by atoms with E-state index in [4.69, 9.17) is 0 Å². The Bertz CT molecular complexity index is 299. The summed E-state index contributed by atoms with van der Waals surface area (Å²) in [5.41, 5.74) is 2.16. The maximum absolute atomic E-state index is 12.7. The molecule has 0 saturated carbocycles. The van der Waals surface area contributed by atoms with E-state index in [1.54, 1.807) is 0 Å². The molecule has 0 aliphatic heterocycles. The minimum Gasteiger partial charge on any atom is -0.225 e. The van der Waals surface area contributed by atoms with E-state index < -0.39 is 5.95 Å². The van der Waals surface area contributed by atoms with Gasteiger partial charge in [-0.3, -0.25) is 0 Å². The van der Waals surface area contributed by atoms with Crippen LogP contribution in [-0.2, 0) is 6.42 Å². The topological polar surface area (TPSA) is 12.9 Å². The zero-order chi connectivity index (χ0) is 10.1. The molecule has 0 aliphatic carbocycles. The highest BCUT2D eigenvalue weighted by atomic mass is 19.1. The molecular weight excluding hydrogens is 165 g/mol. The Balaban J connectivity index is 2.90. The molecule has 1 nitrogen and oxygen atoms in total. The Morgan fingerprint density at radius 1 is 1.31 bits per heavy atom. The number of aryl methyl sites for hydroxylation is 1. The highest BCUT2D eigenvalue weighted by Crippen LogP contribution is 2.21. The van der Waals surface area contributed by atoms with Gasteiger partial charge in [-0.2, -0.15) is 4.39 Å². The molecule has 0 radical (unpaired) electrons. The molecule has 0 aromatic carbocycles. The Morgan fingerprint density at radius 3 is 2.38 bits per heavy atom. The average Bonchev–Trinajstić information content (AvgIpc) is 1.93. The van der Waals surface area contributed by atoms with Gasteiger partial charge in [-0.05, 0) is 30.4 Å². The van der Waals surface area contributed by atoms with Crippen LogP contribution in [0.2, 0.25) is 0 Å². The van der Waals surface area contributed by atoms with Gasteiger partial charge in [0.25, 0.3) is 0 Å². The molecule has 0 atom stereocenters. The molecule has 0 bridgehead atoms. The van der Waals surface area contributed by atoms with Gasteiger partial charge in [-0.1, -0.05) is 26.8 Å². The fourth-order valence-electron chi connectivity index (χ4n) is 1.32. The second-order valence-corrected chi connectivity index (χ2v) is 4.62. The molecule has 72 valence electrons. The van der Waals surface area contributed by atoms with Crippen molar-refractivity contribution in [1.29, 1.82) is 0 Å². The zero-order valence-corrected chi connectivity index (χ0v) is 8.69. The largest absolute Gasteiger partial charge is 0.225 e. The van der Waals surface area contributed by atoms with Crippen molar-refractivity contribution in [2.24, 2.45) is 5.41 Å². The predicted molar refractivity (Wildman–Crippen MR) is 52.1 cm³/mol. The summed E-state index contributed by atoms with van der Waals surface area (Å²) in [7, 11) is 0. The van der Waals surface area contributed by atoms with Crippen LogP contribution < -0.4 is 0 Å². The minimum atomic E-state index is -0.393. The van der Waals surface area contributed by atoms with Crippen molar-refractivity contribution in [2.75, 3.05) is 0 Å². The smallest absolute Gasteiger partial charge is 0.213 e. The Morgan fingerprint density at radius 2 is 1.92 bits per heavy atom. The van der Waals surface area contributed by atoms with Crippen LogP contribution in [0, 0.1) is 18.3 Å². The predicted octanol–water partition coefficient (Wildman–Crippen LogP) is 3.12. The number of rotatable bonds is 1. The van der Waals surface area contributed by atoms with Gasteiger partial charge >= 0.3 is 0 Å². The average molecular weight is 181 g/mol. The van der Waals surface area contributed by atoms with Crippen molar-refractivity contribution in [3.8, 4) is 0 Å². The van der Waals surface area contributed by atoms with E-state index in [1.807, 2.05) is 13.0 Å². The monoisotopic (exact) mass is 181 g/mol. The molecule has 2 heteroatoms. The second-order valence-electron chi connectivity index (χ2n) is 4.62. The van der Waals surface area contributed by atoms with Gasteiger partial charge in [-0.15, -0.1) is 0 Å². The van der Waals surface area contributed by atoms with Crippen molar-refractivity contribution in [1.82, 2.24) is 4.98 Å². The van der Waals surface area contributed by atoms with E-state index in [-0.39, 0.29) is 5.41 Å². The lowest BCUT2D eigenvalue weighted by molar-refractivity contribution is 0.408. The van der Waals surface area contributed by atoms with E-state index in [2.05, 4.69) is 25.8 Å². The first-order chi connectivity index (χ1) is 5.88. The van der Waals surface area contributed by atoms with Gasteiger partial charge < -0.3 is 0 Å². The summed E-state index contributed by atoms with van der Waals surface area (Å²) in [5.74, 6) is -0.393. The summed E-state index contributed by atoms with van der Waals surface area (Å²) in [6.45, 7) is 8.34. The first-order valence-electron chi connectivity index (χ1n) is 4.50. The van der Waals surface area contributed by atoms with Gasteiger partial charge in [-0.25, -0.2) is 4.98 Å². The van der Waals surface area contributed by atoms with Crippen LogP contribution >= 0.6 is 0 Å². The third-order valence-electron chi connectivity index (χ3n) is 1.88. The van der Waals surface area contributed by atoms with Gasteiger partial charge in [0.2, 0.25) is 5.95 Å². The number of hydrogen-bond acceptors (Lipinski definition) is 1. The standard InChI is InChI=1S/C11H16FN/c1-8-9(7-11(2,3)4)5-6-10(12)13-8/h5-6H,7H2,1-4H3. The fraction of sp³-hybridized carbons (Fsp3) is 0.545.